The number of piperidine rings is 1. The van der Waals surface area contributed by atoms with Crippen molar-refractivity contribution in [3.63, 3.8) is 0 Å². The summed E-state index contributed by atoms with van der Waals surface area (Å²) in [5.74, 6) is -0.181. The van der Waals surface area contributed by atoms with E-state index in [9.17, 15) is 4.39 Å². The van der Waals surface area contributed by atoms with Crippen LogP contribution in [0.25, 0.3) is 0 Å². The van der Waals surface area contributed by atoms with E-state index in [4.69, 9.17) is 5.73 Å². The molecule has 0 spiro atoms. The van der Waals surface area contributed by atoms with E-state index in [1.807, 2.05) is 6.07 Å². The summed E-state index contributed by atoms with van der Waals surface area (Å²) in [4.78, 5) is 2.46. The molecule has 2 nitrogen and oxygen atoms in total. The van der Waals surface area contributed by atoms with Gasteiger partial charge in [0.1, 0.15) is 5.82 Å². The molecule has 0 aromatic heterocycles. The zero-order valence-corrected chi connectivity index (χ0v) is 11.8. The lowest BCUT2D eigenvalue weighted by Crippen LogP contribution is -2.43. The van der Waals surface area contributed by atoms with Crippen molar-refractivity contribution in [2.45, 2.75) is 51.1 Å². The minimum absolute atomic E-state index is 0.181. The predicted molar refractivity (Wildman–Crippen MR) is 77.4 cm³/mol. The van der Waals surface area contributed by atoms with Crippen molar-refractivity contribution >= 4 is 0 Å². The molecule has 0 aliphatic carbocycles. The third kappa shape index (κ3) is 3.77. The molecule has 19 heavy (non-hydrogen) atoms. The first-order chi connectivity index (χ1) is 9.22. The molecule has 2 unspecified atom stereocenters. The molecule has 2 rings (SSSR count). The zero-order chi connectivity index (χ0) is 13.7. The lowest BCUT2D eigenvalue weighted by atomic mass is 9.96. The number of benzene rings is 1. The van der Waals surface area contributed by atoms with E-state index in [1.54, 1.807) is 12.1 Å². The second-order valence-corrected chi connectivity index (χ2v) is 5.56. The minimum Gasteiger partial charge on any atom is -0.323 e. The van der Waals surface area contributed by atoms with Crippen LogP contribution in [0, 0.1) is 5.82 Å². The van der Waals surface area contributed by atoms with Gasteiger partial charge in [0.25, 0.3) is 0 Å². The second kappa shape index (κ2) is 7.01. The zero-order valence-electron chi connectivity index (χ0n) is 11.8. The molecule has 0 bridgehead atoms. The molecule has 1 aromatic rings. The molecule has 0 saturated carbocycles. The molecule has 2 atom stereocenters. The van der Waals surface area contributed by atoms with Gasteiger partial charge < -0.3 is 5.73 Å². The normalized spacial score (nSPS) is 22.4. The maximum Gasteiger partial charge on any atom is 0.128 e. The first-order valence-electron chi connectivity index (χ1n) is 7.46. The van der Waals surface area contributed by atoms with Gasteiger partial charge in [0.15, 0.2) is 0 Å². The molecule has 1 saturated heterocycles. The summed E-state index contributed by atoms with van der Waals surface area (Å²) in [5, 5.41) is 0. The van der Waals surface area contributed by atoms with E-state index in [2.05, 4.69) is 11.8 Å². The highest BCUT2D eigenvalue weighted by molar-refractivity contribution is 5.21. The molecule has 1 fully saturated rings. The Bertz CT molecular complexity index is 392. The molecule has 0 radical (unpaired) electrons. The van der Waals surface area contributed by atoms with Gasteiger partial charge in [-0.25, -0.2) is 4.39 Å². The average Bonchev–Trinajstić information content (AvgIpc) is 2.41. The van der Waals surface area contributed by atoms with Crippen LogP contribution in [0.15, 0.2) is 24.3 Å². The highest BCUT2D eigenvalue weighted by atomic mass is 19.1. The van der Waals surface area contributed by atoms with Crippen LogP contribution in [0.5, 0.6) is 0 Å². The van der Waals surface area contributed by atoms with Gasteiger partial charge in [0, 0.05) is 24.2 Å². The molecule has 1 heterocycles. The van der Waals surface area contributed by atoms with Crippen molar-refractivity contribution in [2.75, 3.05) is 13.1 Å². The first-order valence-corrected chi connectivity index (χ1v) is 7.46. The Labute approximate surface area is 115 Å². The Kier molecular flexibility index (Phi) is 5.34. The third-order valence-corrected chi connectivity index (χ3v) is 4.11. The van der Waals surface area contributed by atoms with Crippen molar-refractivity contribution < 1.29 is 4.39 Å². The highest BCUT2D eigenvalue weighted by Gasteiger charge is 2.24. The highest BCUT2D eigenvalue weighted by Crippen LogP contribution is 2.24. The molecular formula is C16H25FN2. The smallest absolute Gasteiger partial charge is 0.128 e. The molecule has 1 aliphatic rings. The van der Waals surface area contributed by atoms with Crippen LogP contribution in [0.2, 0.25) is 0 Å². The second-order valence-electron chi connectivity index (χ2n) is 5.56. The fraction of sp³-hybridized carbons (Fsp3) is 0.625. The predicted octanol–water partition coefficient (Wildman–Crippen LogP) is 3.48. The van der Waals surface area contributed by atoms with E-state index in [1.165, 1.54) is 38.2 Å². The topological polar surface area (TPSA) is 29.3 Å². The van der Waals surface area contributed by atoms with Crippen molar-refractivity contribution in [1.29, 1.82) is 0 Å². The van der Waals surface area contributed by atoms with E-state index in [0.29, 0.717) is 11.6 Å². The summed E-state index contributed by atoms with van der Waals surface area (Å²) in [6.45, 7) is 4.10. The van der Waals surface area contributed by atoms with Crippen LogP contribution in [-0.2, 0) is 0 Å². The van der Waals surface area contributed by atoms with Gasteiger partial charge in [-0.15, -0.1) is 0 Å². The summed E-state index contributed by atoms with van der Waals surface area (Å²) >= 11 is 0. The van der Waals surface area contributed by atoms with E-state index in [-0.39, 0.29) is 11.9 Å². The maximum absolute atomic E-state index is 13.7. The number of rotatable bonds is 5. The number of nitrogens with zero attached hydrogens (tertiary/aromatic N) is 1. The van der Waals surface area contributed by atoms with E-state index >= 15 is 0 Å². The molecule has 3 heteroatoms. The Morgan fingerprint density at radius 2 is 2.16 bits per heavy atom. The van der Waals surface area contributed by atoms with E-state index < -0.39 is 0 Å². The standard InChI is InChI=1S/C16H25FN2/c1-2-7-13-8-5-6-11-19(13)12-16(18)14-9-3-4-10-15(14)17/h3-4,9-10,13,16H,2,5-8,11-12,18H2,1H3. The summed E-state index contributed by atoms with van der Waals surface area (Å²) in [7, 11) is 0. The number of hydrogen-bond donors (Lipinski definition) is 1. The van der Waals surface area contributed by atoms with Crippen molar-refractivity contribution in [1.82, 2.24) is 4.90 Å². The summed E-state index contributed by atoms with van der Waals surface area (Å²) in [6, 6.07) is 7.29. The Morgan fingerprint density at radius 1 is 1.37 bits per heavy atom. The van der Waals surface area contributed by atoms with E-state index in [0.717, 1.165) is 13.1 Å². The fourth-order valence-corrected chi connectivity index (χ4v) is 3.09. The monoisotopic (exact) mass is 264 g/mol. The van der Waals surface area contributed by atoms with Crippen molar-refractivity contribution in [3.8, 4) is 0 Å². The molecule has 1 aromatic carbocycles. The summed E-state index contributed by atoms with van der Waals surface area (Å²) < 4.78 is 13.7. The summed E-state index contributed by atoms with van der Waals surface area (Å²) in [6.07, 6.45) is 6.25. The lowest BCUT2D eigenvalue weighted by molar-refractivity contribution is 0.131. The molecule has 1 aliphatic heterocycles. The summed E-state index contributed by atoms with van der Waals surface area (Å²) in [5.41, 5.74) is 6.85. The number of nitrogens with two attached hydrogens (primary N) is 1. The van der Waals surface area contributed by atoms with Crippen LogP contribution in [0.3, 0.4) is 0 Å². The Hall–Kier alpha value is -0.930. The fourth-order valence-electron chi connectivity index (χ4n) is 3.09. The largest absolute Gasteiger partial charge is 0.323 e. The Balaban J connectivity index is 2.00. The number of hydrogen-bond acceptors (Lipinski definition) is 2. The number of likely N-dealkylation sites (tertiary alicyclic amines) is 1. The quantitative estimate of drug-likeness (QED) is 0.882. The molecule has 0 amide bonds. The first kappa shape index (κ1) is 14.5. The van der Waals surface area contributed by atoms with Crippen LogP contribution in [-0.4, -0.2) is 24.0 Å². The van der Waals surface area contributed by atoms with Crippen LogP contribution in [0.4, 0.5) is 4.39 Å². The van der Waals surface area contributed by atoms with Crippen LogP contribution < -0.4 is 5.73 Å². The van der Waals surface area contributed by atoms with Gasteiger partial charge in [0.2, 0.25) is 0 Å². The maximum atomic E-state index is 13.7. The molecular weight excluding hydrogens is 239 g/mol. The van der Waals surface area contributed by atoms with Crippen LogP contribution >= 0.6 is 0 Å². The van der Waals surface area contributed by atoms with Gasteiger partial charge in [0.05, 0.1) is 0 Å². The van der Waals surface area contributed by atoms with Gasteiger partial charge in [-0.1, -0.05) is 38.0 Å². The van der Waals surface area contributed by atoms with Gasteiger partial charge >= 0.3 is 0 Å². The van der Waals surface area contributed by atoms with Crippen molar-refractivity contribution in [2.24, 2.45) is 5.73 Å². The molecule has 2 N–H and O–H groups in total. The average molecular weight is 264 g/mol. The van der Waals surface area contributed by atoms with Gasteiger partial charge in [-0.2, -0.15) is 0 Å². The number of halogens is 1. The third-order valence-electron chi connectivity index (χ3n) is 4.11. The van der Waals surface area contributed by atoms with Crippen molar-refractivity contribution in [3.05, 3.63) is 35.6 Å². The van der Waals surface area contributed by atoms with Gasteiger partial charge in [-0.05, 0) is 31.9 Å². The van der Waals surface area contributed by atoms with Crippen LogP contribution in [0.1, 0.15) is 50.6 Å². The lowest BCUT2D eigenvalue weighted by Gasteiger charge is -2.37. The molecule has 106 valence electrons. The minimum atomic E-state index is -0.223. The Morgan fingerprint density at radius 3 is 2.89 bits per heavy atom. The van der Waals surface area contributed by atoms with Gasteiger partial charge in [-0.3, -0.25) is 4.90 Å². The SMILES string of the molecule is CCCC1CCCCN1CC(N)c1ccccc1F.